The lowest BCUT2D eigenvalue weighted by molar-refractivity contribution is 0.0937. The zero-order chi connectivity index (χ0) is 19.8. The highest BCUT2D eigenvalue weighted by atomic mass is 16.1. The molecule has 1 amide bonds. The number of aryl methyl sites for hydroxylation is 3. The molecule has 1 aliphatic carbocycles. The standard InChI is InChI=1S/C21H28N6O/c1-5-8-26-20-18(11-22-26)17(10-19(24-20)16-6-7-16)21(28)23-14(3)12-27-15(4)9-13(2)25-27/h9-11,14,16H,5-8,12H2,1-4H3,(H,23,28)/t14-/m0/s1. The lowest BCUT2D eigenvalue weighted by atomic mass is 10.1. The van der Waals surface area contributed by atoms with E-state index in [0.717, 1.165) is 53.9 Å². The summed E-state index contributed by atoms with van der Waals surface area (Å²) < 4.78 is 3.86. The Labute approximate surface area is 165 Å². The molecular weight excluding hydrogens is 352 g/mol. The number of carbonyl (C=O) groups excluding carboxylic acids is 1. The molecule has 4 rings (SSSR count). The second-order valence-corrected chi connectivity index (χ2v) is 7.96. The number of nitrogens with zero attached hydrogens (tertiary/aromatic N) is 5. The van der Waals surface area contributed by atoms with Crippen LogP contribution in [0.4, 0.5) is 0 Å². The Bertz CT molecular complexity index is 1010. The SMILES string of the molecule is CCCn1ncc2c(C(=O)N[C@@H](C)Cn3nc(C)cc3C)cc(C3CC3)nc21. The van der Waals surface area contributed by atoms with Crippen LogP contribution in [-0.4, -0.2) is 36.5 Å². The van der Waals surface area contributed by atoms with Crippen molar-refractivity contribution in [2.75, 3.05) is 0 Å². The summed E-state index contributed by atoms with van der Waals surface area (Å²) >= 11 is 0. The predicted molar refractivity (Wildman–Crippen MR) is 108 cm³/mol. The van der Waals surface area contributed by atoms with Crippen molar-refractivity contribution in [2.24, 2.45) is 0 Å². The molecule has 3 aromatic heterocycles. The molecule has 0 unspecified atom stereocenters. The number of fused-ring (bicyclic) bond motifs is 1. The zero-order valence-electron chi connectivity index (χ0n) is 17.1. The van der Waals surface area contributed by atoms with Crippen LogP contribution >= 0.6 is 0 Å². The van der Waals surface area contributed by atoms with E-state index in [0.29, 0.717) is 18.0 Å². The van der Waals surface area contributed by atoms with Crippen molar-refractivity contribution >= 4 is 16.9 Å². The van der Waals surface area contributed by atoms with Crippen LogP contribution in [0, 0.1) is 13.8 Å². The quantitative estimate of drug-likeness (QED) is 0.682. The third-order valence-electron chi connectivity index (χ3n) is 5.23. The van der Waals surface area contributed by atoms with E-state index in [9.17, 15) is 4.79 Å². The molecule has 148 valence electrons. The first-order valence-electron chi connectivity index (χ1n) is 10.1. The molecule has 3 heterocycles. The molecule has 0 aliphatic heterocycles. The number of hydrogen-bond acceptors (Lipinski definition) is 4. The Morgan fingerprint density at radius 1 is 1.29 bits per heavy atom. The summed E-state index contributed by atoms with van der Waals surface area (Å²) in [6.07, 6.45) is 5.05. The van der Waals surface area contributed by atoms with E-state index in [-0.39, 0.29) is 11.9 Å². The van der Waals surface area contributed by atoms with Gasteiger partial charge in [-0.2, -0.15) is 10.2 Å². The molecule has 1 atom stereocenters. The van der Waals surface area contributed by atoms with Crippen LogP contribution in [0.5, 0.6) is 0 Å². The molecule has 1 N–H and O–H groups in total. The van der Waals surface area contributed by atoms with Crippen molar-refractivity contribution in [3.63, 3.8) is 0 Å². The van der Waals surface area contributed by atoms with E-state index in [1.165, 1.54) is 0 Å². The first-order chi connectivity index (χ1) is 13.5. The number of nitrogens with one attached hydrogen (secondary N) is 1. The Hall–Kier alpha value is -2.70. The van der Waals surface area contributed by atoms with Gasteiger partial charge in [0, 0.05) is 29.9 Å². The summed E-state index contributed by atoms with van der Waals surface area (Å²) in [5.41, 5.74) is 4.60. The lowest BCUT2D eigenvalue weighted by Crippen LogP contribution is -2.36. The molecule has 28 heavy (non-hydrogen) atoms. The molecule has 0 bridgehead atoms. The average Bonchev–Trinajstić information content (AvgIpc) is 3.35. The Morgan fingerprint density at radius 3 is 2.71 bits per heavy atom. The molecule has 0 saturated heterocycles. The third-order valence-corrected chi connectivity index (χ3v) is 5.23. The molecule has 7 nitrogen and oxygen atoms in total. The number of rotatable bonds is 7. The summed E-state index contributed by atoms with van der Waals surface area (Å²) in [5.74, 6) is 0.410. The maximum Gasteiger partial charge on any atom is 0.252 e. The van der Waals surface area contributed by atoms with Gasteiger partial charge >= 0.3 is 0 Å². The Balaban J connectivity index is 1.60. The van der Waals surface area contributed by atoms with E-state index in [1.54, 1.807) is 6.20 Å². The highest BCUT2D eigenvalue weighted by Gasteiger charge is 2.28. The van der Waals surface area contributed by atoms with Gasteiger partial charge in [-0.25, -0.2) is 9.67 Å². The van der Waals surface area contributed by atoms with E-state index < -0.39 is 0 Å². The van der Waals surface area contributed by atoms with Gasteiger partial charge in [0.15, 0.2) is 5.65 Å². The number of carbonyl (C=O) groups is 1. The Morgan fingerprint density at radius 2 is 2.07 bits per heavy atom. The van der Waals surface area contributed by atoms with Crippen molar-refractivity contribution in [3.8, 4) is 0 Å². The number of aromatic nitrogens is 5. The summed E-state index contributed by atoms with van der Waals surface area (Å²) in [5, 5.41) is 12.9. The number of amides is 1. The van der Waals surface area contributed by atoms with Crippen LogP contribution in [-0.2, 0) is 13.1 Å². The first kappa shape index (κ1) is 18.7. The van der Waals surface area contributed by atoms with Crippen molar-refractivity contribution in [1.82, 2.24) is 29.9 Å². The minimum absolute atomic E-state index is 0.0382. The highest BCUT2D eigenvalue weighted by Crippen LogP contribution is 2.40. The largest absolute Gasteiger partial charge is 0.348 e. The monoisotopic (exact) mass is 380 g/mol. The van der Waals surface area contributed by atoms with Gasteiger partial charge in [-0.1, -0.05) is 6.92 Å². The van der Waals surface area contributed by atoms with E-state index >= 15 is 0 Å². The molecule has 0 radical (unpaired) electrons. The smallest absolute Gasteiger partial charge is 0.252 e. The summed E-state index contributed by atoms with van der Waals surface area (Å²) in [6.45, 7) is 9.59. The van der Waals surface area contributed by atoms with Gasteiger partial charge < -0.3 is 5.32 Å². The molecular formula is C21H28N6O. The van der Waals surface area contributed by atoms with Crippen molar-refractivity contribution in [3.05, 3.63) is 41.0 Å². The molecule has 1 aliphatic rings. The summed E-state index contributed by atoms with van der Waals surface area (Å²) in [6, 6.07) is 3.97. The van der Waals surface area contributed by atoms with Crippen LogP contribution in [0.25, 0.3) is 11.0 Å². The van der Waals surface area contributed by atoms with Crippen molar-refractivity contribution in [1.29, 1.82) is 0 Å². The zero-order valence-corrected chi connectivity index (χ0v) is 17.1. The van der Waals surface area contributed by atoms with Crippen molar-refractivity contribution < 1.29 is 4.79 Å². The maximum atomic E-state index is 13.1. The van der Waals surface area contributed by atoms with Gasteiger partial charge in [0.05, 0.1) is 29.4 Å². The second-order valence-electron chi connectivity index (χ2n) is 7.96. The molecule has 0 spiro atoms. The van der Waals surface area contributed by atoms with Crippen molar-refractivity contribution in [2.45, 2.75) is 72.0 Å². The molecule has 7 heteroatoms. The molecule has 1 saturated carbocycles. The summed E-state index contributed by atoms with van der Waals surface area (Å²) in [4.78, 5) is 17.9. The van der Waals surface area contributed by atoms with Crippen LogP contribution in [0.1, 0.15) is 66.5 Å². The van der Waals surface area contributed by atoms with Gasteiger partial charge in [0.2, 0.25) is 0 Å². The number of pyridine rings is 1. The van der Waals surface area contributed by atoms with Gasteiger partial charge in [-0.15, -0.1) is 0 Å². The van der Waals surface area contributed by atoms with Crippen LogP contribution in [0.3, 0.4) is 0 Å². The van der Waals surface area contributed by atoms with Crippen LogP contribution in [0.15, 0.2) is 18.3 Å². The van der Waals surface area contributed by atoms with E-state index in [4.69, 9.17) is 4.98 Å². The average molecular weight is 380 g/mol. The van der Waals surface area contributed by atoms with E-state index in [2.05, 4.69) is 22.4 Å². The lowest BCUT2D eigenvalue weighted by Gasteiger charge is -2.16. The van der Waals surface area contributed by atoms with Gasteiger partial charge in [0.1, 0.15) is 0 Å². The van der Waals surface area contributed by atoms with Crippen LogP contribution in [0.2, 0.25) is 0 Å². The number of hydrogen-bond donors (Lipinski definition) is 1. The minimum Gasteiger partial charge on any atom is -0.348 e. The first-order valence-corrected chi connectivity index (χ1v) is 10.1. The Kier molecular flexibility index (Phi) is 4.91. The summed E-state index contributed by atoms with van der Waals surface area (Å²) in [7, 11) is 0. The minimum atomic E-state index is -0.0700. The van der Waals surface area contributed by atoms with Gasteiger partial charge in [0.25, 0.3) is 5.91 Å². The van der Waals surface area contributed by atoms with Gasteiger partial charge in [-0.05, 0) is 52.2 Å². The topological polar surface area (TPSA) is 77.6 Å². The predicted octanol–water partition coefficient (Wildman–Crippen LogP) is 3.35. The molecule has 3 aromatic rings. The van der Waals surface area contributed by atoms with Gasteiger partial charge in [-0.3, -0.25) is 9.48 Å². The fraction of sp³-hybridized carbons (Fsp3) is 0.524. The maximum absolute atomic E-state index is 13.1. The fourth-order valence-electron chi connectivity index (χ4n) is 3.68. The normalized spacial score (nSPS) is 15.1. The van der Waals surface area contributed by atoms with E-state index in [1.807, 2.05) is 42.3 Å². The molecule has 0 aromatic carbocycles. The molecule has 1 fully saturated rings. The third kappa shape index (κ3) is 3.66. The second kappa shape index (κ2) is 7.37. The highest BCUT2D eigenvalue weighted by molar-refractivity contribution is 6.05. The fourth-order valence-corrected chi connectivity index (χ4v) is 3.68. The van der Waals surface area contributed by atoms with Crippen LogP contribution < -0.4 is 5.32 Å².